The summed E-state index contributed by atoms with van der Waals surface area (Å²) in [4.78, 5) is 42.2. The van der Waals surface area contributed by atoms with Crippen LogP contribution in [0.4, 0.5) is 15.8 Å². The maximum atomic E-state index is 14.9. The molecule has 1 saturated heterocycles. The van der Waals surface area contributed by atoms with E-state index in [0.717, 1.165) is 54.6 Å². The predicted molar refractivity (Wildman–Crippen MR) is 160 cm³/mol. The molecule has 1 aromatic carbocycles. The zero-order valence-corrected chi connectivity index (χ0v) is 23.5. The van der Waals surface area contributed by atoms with E-state index in [1.807, 2.05) is 0 Å². The number of halogens is 1. The minimum atomic E-state index is -1.29. The molecule has 41 heavy (non-hydrogen) atoms. The van der Waals surface area contributed by atoms with Crippen molar-refractivity contribution in [2.75, 3.05) is 51.0 Å². The van der Waals surface area contributed by atoms with Gasteiger partial charge in [0.15, 0.2) is 0 Å². The molecule has 0 amide bonds. The largest absolute Gasteiger partial charge is 0.477 e. The van der Waals surface area contributed by atoms with Crippen molar-refractivity contribution >= 4 is 50.3 Å². The average molecular weight is 558 g/mol. The number of H-pyrrole nitrogens is 1. The number of nitrogens with one attached hydrogen (secondary N) is 2. The molecular formula is C30H32FN7O3. The lowest BCUT2D eigenvalue weighted by molar-refractivity contribution is 0.0695. The van der Waals surface area contributed by atoms with Crippen LogP contribution in [0.2, 0.25) is 0 Å². The van der Waals surface area contributed by atoms with Crippen molar-refractivity contribution in [2.45, 2.75) is 12.8 Å². The monoisotopic (exact) mass is 557 g/mol. The van der Waals surface area contributed by atoms with Crippen LogP contribution < -0.4 is 15.6 Å². The molecule has 0 spiro atoms. The van der Waals surface area contributed by atoms with Gasteiger partial charge in [0.1, 0.15) is 22.7 Å². The van der Waals surface area contributed by atoms with Crippen LogP contribution in [-0.2, 0) is 7.05 Å². The van der Waals surface area contributed by atoms with Crippen LogP contribution >= 0.6 is 0 Å². The van der Waals surface area contributed by atoms with Gasteiger partial charge < -0.3 is 29.8 Å². The first kappa shape index (κ1) is 26.7. The summed E-state index contributed by atoms with van der Waals surface area (Å²) in [6.07, 6.45) is 6.84. The fourth-order valence-corrected chi connectivity index (χ4v) is 6.24. The van der Waals surface area contributed by atoms with Crippen molar-refractivity contribution in [3.63, 3.8) is 0 Å². The van der Waals surface area contributed by atoms with Crippen LogP contribution in [0.5, 0.6) is 0 Å². The van der Waals surface area contributed by atoms with Gasteiger partial charge in [0.05, 0.1) is 27.7 Å². The van der Waals surface area contributed by atoms with E-state index in [0.29, 0.717) is 33.8 Å². The Bertz CT molecular complexity index is 1900. The summed E-state index contributed by atoms with van der Waals surface area (Å²) in [5, 5.41) is 14.4. The van der Waals surface area contributed by atoms with Gasteiger partial charge in [-0.25, -0.2) is 19.2 Å². The Balaban J connectivity index is 1.65. The topological polar surface area (TPSA) is 119 Å². The third-order valence-electron chi connectivity index (χ3n) is 7.95. The van der Waals surface area contributed by atoms with Crippen LogP contribution in [0, 0.1) is 11.7 Å². The summed E-state index contributed by atoms with van der Waals surface area (Å²) in [6.45, 7) is 2.55. The van der Waals surface area contributed by atoms with E-state index < -0.39 is 11.4 Å². The van der Waals surface area contributed by atoms with Gasteiger partial charge in [-0.1, -0.05) is 0 Å². The normalized spacial score (nSPS) is 15.9. The number of fused-ring (bicyclic) bond motifs is 4. The Morgan fingerprint density at radius 3 is 2.76 bits per heavy atom. The summed E-state index contributed by atoms with van der Waals surface area (Å²) in [6, 6.07) is 4.67. The van der Waals surface area contributed by atoms with Gasteiger partial charge in [-0.15, -0.1) is 0 Å². The molecule has 212 valence electrons. The van der Waals surface area contributed by atoms with Crippen molar-refractivity contribution in [1.29, 1.82) is 0 Å². The van der Waals surface area contributed by atoms with Gasteiger partial charge in [0.2, 0.25) is 5.43 Å². The summed E-state index contributed by atoms with van der Waals surface area (Å²) in [5.41, 5.74) is 3.77. The van der Waals surface area contributed by atoms with Gasteiger partial charge in [-0.05, 0) is 51.1 Å². The first-order valence-electron chi connectivity index (χ1n) is 13.6. The number of aromatic carboxylic acids is 1. The van der Waals surface area contributed by atoms with Crippen LogP contribution in [0.15, 0.2) is 41.6 Å². The molecule has 0 aliphatic carbocycles. The lowest BCUT2D eigenvalue weighted by atomic mass is 9.94. The van der Waals surface area contributed by atoms with E-state index in [-0.39, 0.29) is 16.8 Å². The quantitative estimate of drug-likeness (QED) is 0.283. The SMILES string of the molecule is CNc1cc(F)cc2c1[nH]c1ncc(-c3cnc4c(c3)c(=O)c(C(=O)O)cn4C)c(N3CCCC(CN(C)C)C3)c12. The van der Waals surface area contributed by atoms with E-state index in [1.54, 1.807) is 37.1 Å². The van der Waals surface area contributed by atoms with E-state index in [2.05, 4.69) is 39.2 Å². The number of aromatic amines is 1. The predicted octanol–water partition coefficient (Wildman–Crippen LogP) is 4.29. The Morgan fingerprint density at radius 1 is 1.22 bits per heavy atom. The number of aromatic nitrogens is 4. The van der Waals surface area contributed by atoms with Gasteiger partial charge in [-0.3, -0.25) is 4.79 Å². The highest BCUT2D eigenvalue weighted by Crippen LogP contribution is 2.43. The van der Waals surface area contributed by atoms with Crippen LogP contribution in [-0.4, -0.2) is 76.3 Å². The van der Waals surface area contributed by atoms with Crippen molar-refractivity contribution in [2.24, 2.45) is 13.0 Å². The number of piperidine rings is 1. The van der Waals surface area contributed by atoms with Gasteiger partial charge in [0.25, 0.3) is 0 Å². The van der Waals surface area contributed by atoms with Crippen molar-refractivity contribution < 1.29 is 14.3 Å². The van der Waals surface area contributed by atoms with Crippen molar-refractivity contribution in [3.05, 3.63) is 58.4 Å². The number of carboxylic acids is 1. The lowest BCUT2D eigenvalue weighted by Gasteiger charge is -2.37. The third kappa shape index (κ3) is 4.55. The average Bonchev–Trinajstić information content (AvgIpc) is 3.32. The fourth-order valence-electron chi connectivity index (χ4n) is 6.24. The van der Waals surface area contributed by atoms with Gasteiger partial charge >= 0.3 is 5.97 Å². The molecule has 1 aliphatic heterocycles. The number of carboxylic acid groups (broad SMARTS) is 1. The summed E-state index contributed by atoms with van der Waals surface area (Å²) >= 11 is 0. The molecule has 6 rings (SSSR count). The number of benzene rings is 1. The highest BCUT2D eigenvalue weighted by Gasteiger charge is 2.27. The van der Waals surface area contributed by atoms with E-state index in [4.69, 9.17) is 4.98 Å². The lowest BCUT2D eigenvalue weighted by Crippen LogP contribution is -2.39. The molecule has 0 radical (unpaired) electrons. The van der Waals surface area contributed by atoms with Gasteiger partial charge in [-0.2, -0.15) is 0 Å². The second-order valence-corrected chi connectivity index (χ2v) is 11.1. The number of hydrogen-bond donors (Lipinski definition) is 3. The van der Waals surface area contributed by atoms with Crippen LogP contribution in [0.1, 0.15) is 23.2 Å². The maximum absolute atomic E-state index is 14.9. The Kier molecular flexibility index (Phi) is 6.61. The zero-order valence-electron chi connectivity index (χ0n) is 23.5. The molecule has 3 N–H and O–H groups in total. The Morgan fingerprint density at radius 2 is 2.02 bits per heavy atom. The number of aryl methyl sites for hydroxylation is 1. The molecule has 0 saturated carbocycles. The second-order valence-electron chi connectivity index (χ2n) is 11.1. The Hall–Kier alpha value is -4.51. The molecule has 1 unspecified atom stereocenters. The number of carbonyl (C=O) groups is 1. The van der Waals surface area contributed by atoms with Gasteiger partial charge in [0, 0.05) is 68.8 Å². The molecule has 10 nitrogen and oxygen atoms in total. The second kappa shape index (κ2) is 10.2. The number of rotatable bonds is 6. The molecule has 5 heterocycles. The number of pyridine rings is 3. The first-order valence-corrected chi connectivity index (χ1v) is 13.6. The number of hydrogen-bond acceptors (Lipinski definition) is 7. The Labute approximate surface area is 235 Å². The molecule has 11 heteroatoms. The summed E-state index contributed by atoms with van der Waals surface area (Å²) in [5.74, 6) is -1.21. The minimum absolute atomic E-state index is 0.211. The van der Waals surface area contributed by atoms with Crippen molar-refractivity contribution in [1.82, 2.24) is 24.4 Å². The highest BCUT2D eigenvalue weighted by molar-refractivity contribution is 6.17. The molecule has 1 fully saturated rings. The molecule has 0 bridgehead atoms. The van der Waals surface area contributed by atoms with Crippen LogP contribution in [0.3, 0.4) is 0 Å². The van der Waals surface area contributed by atoms with Crippen molar-refractivity contribution in [3.8, 4) is 11.1 Å². The molecular weight excluding hydrogens is 525 g/mol. The number of anilines is 2. The zero-order chi connectivity index (χ0) is 29.0. The smallest absolute Gasteiger partial charge is 0.341 e. The van der Waals surface area contributed by atoms with E-state index in [9.17, 15) is 19.1 Å². The minimum Gasteiger partial charge on any atom is -0.477 e. The molecule has 1 aliphatic rings. The molecule has 4 aromatic heterocycles. The van der Waals surface area contributed by atoms with E-state index in [1.165, 1.54) is 18.3 Å². The first-order chi connectivity index (χ1) is 19.7. The standard InChI is InChI=1S/C30H32FN7O3/c1-32-23-10-18(31)9-19-24-26(38-7-5-6-16(14-38)13-36(2)3)21(12-33-28(24)35-25(19)23)17-8-20-27(39)22(30(40)41)15-37(4)29(20)34-11-17/h8-12,15-16,32H,5-7,13-14H2,1-4H3,(H,33,35)(H,40,41). The molecule has 1 atom stereocenters. The summed E-state index contributed by atoms with van der Waals surface area (Å²) < 4.78 is 16.4. The maximum Gasteiger partial charge on any atom is 0.341 e. The van der Waals surface area contributed by atoms with Crippen LogP contribution in [0.25, 0.3) is 44.1 Å². The number of nitrogens with zero attached hydrogens (tertiary/aromatic N) is 5. The fraction of sp³-hybridized carbons (Fsp3) is 0.333. The molecule has 5 aromatic rings. The summed E-state index contributed by atoms with van der Waals surface area (Å²) in [7, 11) is 7.56. The third-order valence-corrected chi connectivity index (χ3v) is 7.95. The highest BCUT2D eigenvalue weighted by atomic mass is 19.1. The van der Waals surface area contributed by atoms with E-state index >= 15 is 0 Å².